The van der Waals surface area contributed by atoms with Crippen molar-refractivity contribution in [2.75, 3.05) is 20.3 Å². The van der Waals surface area contributed by atoms with Crippen molar-refractivity contribution in [3.8, 4) is 0 Å². The Balaban J connectivity index is 2.10. The van der Waals surface area contributed by atoms with Gasteiger partial charge in [-0.2, -0.15) is 0 Å². The maximum absolute atomic E-state index is 13.4. The number of hydrogen-bond acceptors (Lipinski definition) is 4. The molecule has 1 saturated heterocycles. The van der Waals surface area contributed by atoms with Gasteiger partial charge in [0.2, 0.25) is 0 Å². The van der Waals surface area contributed by atoms with E-state index >= 15 is 0 Å². The first-order chi connectivity index (χ1) is 13.0. The lowest BCUT2D eigenvalue weighted by atomic mass is 9.95. The molecule has 27 heavy (non-hydrogen) atoms. The van der Waals surface area contributed by atoms with Gasteiger partial charge in [-0.1, -0.05) is 42.5 Å². The molecular formula is C21H20FNO4. The molecule has 0 bridgehead atoms. The van der Waals surface area contributed by atoms with Crippen molar-refractivity contribution in [1.29, 1.82) is 0 Å². The van der Waals surface area contributed by atoms with Crippen LogP contribution in [0, 0.1) is 5.82 Å². The molecule has 2 aromatic carbocycles. The lowest BCUT2D eigenvalue weighted by Crippen LogP contribution is -2.31. The molecule has 140 valence electrons. The third kappa shape index (κ3) is 3.75. The van der Waals surface area contributed by atoms with Gasteiger partial charge in [-0.15, -0.1) is 0 Å². The summed E-state index contributed by atoms with van der Waals surface area (Å²) in [6.07, 6.45) is 0.534. The van der Waals surface area contributed by atoms with E-state index in [9.17, 15) is 19.1 Å². The summed E-state index contributed by atoms with van der Waals surface area (Å²) in [5.74, 6) is -2.09. The van der Waals surface area contributed by atoms with Crippen LogP contribution >= 0.6 is 0 Å². The van der Waals surface area contributed by atoms with Gasteiger partial charge in [0.15, 0.2) is 0 Å². The van der Waals surface area contributed by atoms with E-state index in [-0.39, 0.29) is 17.9 Å². The second-order valence-electron chi connectivity index (χ2n) is 6.26. The summed E-state index contributed by atoms with van der Waals surface area (Å²) in [6, 6.07) is 13.4. The number of Topliss-reactive ketones (excluding diaryl/α,β-unsaturated/α-hetero) is 1. The quantitative estimate of drug-likeness (QED) is 0.367. The van der Waals surface area contributed by atoms with E-state index in [2.05, 4.69) is 0 Å². The summed E-state index contributed by atoms with van der Waals surface area (Å²) in [4.78, 5) is 26.7. The molecule has 1 atom stereocenters. The minimum atomic E-state index is -0.775. The van der Waals surface area contributed by atoms with Gasteiger partial charge in [-0.25, -0.2) is 4.39 Å². The molecule has 3 rings (SSSR count). The van der Waals surface area contributed by atoms with E-state index in [0.29, 0.717) is 24.2 Å². The highest BCUT2D eigenvalue weighted by molar-refractivity contribution is 6.46. The van der Waals surface area contributed by atoms with E-state index in [1.807, 2.05) is 0 Å². The molecule has 1 fully saturated rings. The number of aliphatic hydroxyl groups excluding tert-OH is 1. The van der Waals surface area contributed by atoms with Crippen LogP contribution in [0.1, 0.15) is 23.6 Å². The number of methoxy groups -OCH3 is 1. The van der Waals surface area contributed by atoms with Crippen LogP contribution in [0.3, 0.4) is 0 Å². The molecule has 5 nitrogen and oxygen atoms in total. The zero-order chi connectivity index (χ0) is 19.4. The van der Waals surface area contributed by atoms with Gasteiger partial charge in [0, 0.05) is 25.8 Å². The lowest BCUT2D eigenvalue weighted by molar-refractivity contribution is -0.140. The minimum absolute atomic E-state index is 0.00947. The van der Waals surface area contributed by atoms with Gasteiger partial charge in [-0.05, 0) is 24.1 Å². The van der Waals surface area contributed by atoms with Gasteiger partial charge in [0.25, 0.3) is 11.7 Å². The van der Waals surface area contributed by atoms with Gasteiger partial charge in [-0.3, -0.25) is 9.59 Å². The fourth-order valence-corrected chi connectivity index (χ4v) is 3.23. The average molecular weight is 369 g/mol. The van der Waals surface area contributed by atoms with Crippen LogP contribution in [0.4, 0.5) is 4.39 Å². The first kappa shape index (κ1) is 18.8. The third-order valence-corrected chi connectivity index (χ3v) is 4.52. The molecule has 1 heterocycles. The topological polar surface area (TPSA) is 66.8 Å². The number of benzene rings is 2. The number of likely N-dealkylation sites (tertiary alicyclic amines) is 1. The van der Waals surface area contributed by atoms with Crippen LogP contribution in [0.15, 0.2) is 60.2 Å². The van der Waals surface area contributed by atoms with Crippen molar-refractivity contribution in [3.05, 3.63) is 77.1 Å². The third-order valence-electron chi connectivity index (χ3n) is 4.52. The molecule has 0 aliphatic carbocycles. The number of carbonyl (C=O) groups is 2. The number of amides is 1. The molecule has 0 aromatic heterocycles. The number of carbonyl (C=O) groups excluding carboxylic acids is 2. The second-order valence-corrected chi connectivity index (χ2v) is 6.26. The first-order valence-electron chi connectivity index (χ1n) is 8.63. The maximum Gasteiger partial charge on any atom is 0.295 e. The van der Waals surface area contributed by atoms with Crippen molar-refractivity contribution in [2.24, 2.45) is 0 Å². The van der Waals surface area contributed by atoms with Crippen molar-refractivity contribution >= 4 is 17.4 Å². The molecule has 0 unspecified atom stereocenters. The first-order valence-corrected chi connectivity index (χ1v) is 8.63. The Labute approximate surface area is 156 Å². The Hall–Kier alpha value is -2.99. The van der Waals surface area contributed by atoms with E-state index in [1.54, 1.807) is 37.4 Å². The number of hydrogen-bond donors (Lipinski definition) is 1. The molecule has 0 radical (unpaired) electrons. The molecule has 1 N–H and O–H groups in total. The Bertz CT molecular complexity index is 862. The predicted molar refractivity (Wildman–Crippen MR) is 98.3 cm³/mol. The number of halogens is 1. The molecule has 1 amide bonds. The van der Waals surface area contributed by atoms with Crippen LogP contribution in [0.5, 0.6) is 0 Å². The van der Waals surface area contributed by atoms with Gasteiger partial charge in [0.05, 0.1) is 11.6 Å². The van der Waals surface area contributed by atoms with Crippen LogP contribution in [-0.2, 0) is 14.3 Å². The summed E-state index contributed by atoms with van der Waals surface area (Å²) in [7, 11) is 1.56. The lowest BCUT2D eigenvalue weighted by Gasteiger charge is -2.25. The number of ether oxygens (including phenoxy) is 1. The summed E-state index contributed by atoms with van der Waals surface area (Å²) < 4.78 is 18.4. The van der Waals surface area contributed by atoms with Crippen LogP contribution in [0.2, 0.25) is 0 Å². The molecule has 1 aliphatic rings. The smallest absolute Gasteiger partial charge is 0.295 e. The Morgan fingerprint density at radius 1 is 1.11 bits per heavy atom. The zero-order valence-electron chi connectivity index (χ0n) is 14.9. The van der Waals surface area contributed by atoms with Gasteiger partial charge in [0.1, 0.15) is 11.6 Å². The van der Waals surface area contributed by atoms with Gasteiger partial charge < -0.3 is 14.7 Å². The van der Waals surface area contributed by atoms with Crippen molar-refractivity contribution in [3.63, 3.8) is 0 Å². The zero-order valence-corrected chi connectivity index (χ0v) is 14.9. The summed E-state index contributed by atoms with van der Waals surface area (Å²) in [5, 5.41) is 10.8. The van der Waals surface area contributed by atoms with E-state index in [0.717, 1.165) is 0 Å². The number of aliphatic hydroxyl groups is 1. The highest BCUT2D eigenvalue weighted by Crippen LogP contribution is 2.39. The van der Waals surface area contributed by atoms with E-state index < -0.39 is 23.5 Å². The van der Waals surface area contributed by atoms with Crippen molar-refractivity contribution in [2.45, 2.75) is 12.5 Å². The Morgan fingerprint density at radius 3 is 2.41 bits per heavy atom. The van der Waals surface area contributed by atoms with Gasteiger partial charge >= 0.3 is 0 Å². The summed E-state index contributed by atoms with van der Waals surface area (Å²) in [6.45, 7) is 0.712. The van der Waals surface area contributed by atoms with Crippen LogP contribution in [-0.4, -0.2) is 42.0 Å². The second kappa shape index (κ2) is 8.14. The Kier molecular flexibility index (Phi) is 5.66. The average Bonchev–Trinajstić information content (AvgIpc) is 2.94. The number of rotatable bonds is 6. The highest BCUT2D eigenvalue weighted by Gasteiger charge is 2.45. The largest absolute Gasteiger partial charge is 0.507 e. The van der Waals surface area contributed by atoms with E-state index in [4.69, 9.17) is 4.74 Å². The minimum Gasteiger partial charge on any atom is -0.507 e. The standard InChI is InChI=1S/C21H20FNO4/c1-27-13-5-12-23-18(14-8-10-16(22)11-9-14)17(20(25)21(23)26)19(24)15-6-3-2-4-7-15/h2-4,6-11,18,24H,5,12-13H2,1H3/b19-17+/t18-/m0/s1. The fraction of sp³-hybridized carbons (Fsp3) is 0.238. The SMILES string of the molecule is COCCCN1C(=O)C(=O)/C(=C(/O)c2ccccc2)[C@@H]1c1ccc(F)cc1. The fourth-order valence-electron chi connectivity index (χ4n) is 3.23. The summed E-state index contributed by atoms with van der Waals surface area (Å²) in [5.41, 5.74) is 1.01. The highest BCUT2D eigenvalue weighted by atomic mass is 19.1. The van der Waals surface area contributed by atoms with E-state index in [1.165, 1.54) is 29.2 Å². The molecular weight excluding hydrogens is 349 g/mol. The Morgan fingerprint density at radius 2 is 1.78 bits per heavy atom. The van der Waals surface area contributed by atoms with Crippen LogP contribution < -0.4 is 0 Å². The maximum atomic E-state index is 13.4. The number of ketones is 1. The van der Waals surface area contributed by atoms with Crippen LogP contribution in [0.25, 0.3) is 5.76 Å². The molecule has 0 saturated carbocycles. The monoisotopic (exact) mass is 369 g/mol. The number of nitrogens with zero attached hydrogens (tertiary/aromatic N) is 1. The summed E-state index contributed by atoms with van der Waals surface area (Å²) >= 11 is 0. The van der Waals surface area contributed by atoms with Crippen molar-refractivity contribution < 1.29 is 23.8 Å². The predicted octanol–water partition coefficient (Wildman–Crippen LogP) is 3.28. The normalized spacial score (nSPS) is 18.9. The molecule has 2 aromatic rings. The van der Waals surface area contributed by atoms with Crippen molar-refractivity contribution in [1.82, 2.24) is 4.90 Å². The molecule has 1 aliphatic heterocycles. The molecule has 0 spiro atoms. The molecule has 6 heteroatoms.